The molecule has 2 rings (SSSR count). The van der Waals surface area contributed by atoms with E-state index >= 15 is 0 Å². The molecule has 1 aromatic rings. The number of nitrogens with zero attached hydrogens (tertiary/aromatic N) is 2. The van der Waals surface area contributed by atoms with Gasteiger partial charge in [-0.25, -0.2) is 0 Å². The van der Waals surface area contributed by atoms with Crippen LogP contribution in [0.3, 0.4) is 0 Å². The largest absolute Gasteiger partial charge is 0.395 e. The number of rotatable bonds is 5. The van der Waals surface area contributed by atoms with E-state index in [9.17, 15) is 9.90 Å². The van der Waals surface area contributed by atoms with Crippen LogP contribution in [0.2, 0.25) is 0 Å². The molecule has 1 aromatic carbocycles. The van der Waals surface area contributed by atoms with Crippen molar-refractivity contribution < 1.29 is 9.90 Å². The Labute approximate surface area is 121 Å². The summed E-state index contributed by atoms with van der Waals surface area (Å²) in [6, 6.07) is 10.0. The van der Waals surface area contributed by atoms with Crippen molar-refractivity contribution in [2.24, 2.45) is 0 Å². The summed E-state index contributed by atoms with van der Waals surface area (Å²) in [7, 11) is 0. The summed E-state index contributed by atoms with van der Waals surface area (Å²) in [5.74, 6) is 0.103. The van der Waals surface area contributed by atoms with Gasteiger partial charge in [0.1, 0.15) is 0 Å². The second-order valence-corrected chi connectivity index (χ2v) is 5.64. The van der Waals surface area contributed by atoms with E-state index < -0.39 is 0 Å². The predicted molar refractivity (Wildman–Crippen MR) is 80.7 cm³/mol. The first-order chi connectivity index (χ1) is 9.63. The van der Waals surface area contributed by atoms with Crippen molar-refractivity contribution in [1.29, 1.82) is 0 Å². The maximum absolute atomic E-state index is 12.6. The van der Waals surface area contributed by atoms with E-state index in [1.807, 2.05) is 49.1 Å². The summed E-state index contributed by atoms with van der Waals surface area (Å²) in [5.41, 5.74) is 0.937. The molecule has 0 saturated carbocycles. The zero-order valence-electron chi connectivity index (χ0n) is 12.3. The molecule has 1 saturated heterocycles. The fraction of sp³-hybridized carbons (Fsp3) is 0.562. The van der Waals surface area contributed by atoms with Crippen LogP contribution in [0.4, 0.5) is 5.69 Å². The minimum Gasteiger partial charge on any atom is -0.395 e. The number of benzene rings is 1. The molecule has 1 heterocycles. The normalized spacial score (nSPS) is 19.5. The van der Waals surface area contributed by atoms with Crippen LogP contribution in [0.1, 0.15) is 26.7 Å². The molecule has 110 valence electrons. The second kappa shape index (κ2) is 6.86. The highest BCUT2D eigenvalue weighted by atomic mass is 16.3. The molecule has 1 amide bonds. The number of hydrogen-bond donors (Lipinski definition) is 1. The monoisotopic (exact) mass is 276 g/mol. The minimum atomic E-state index is 0.103. The van der Waals surface area contributed by atoms with Crippen LogP contribution in [-0.4, -0.2) is 47.7 Å². The number of anilines is 1. The van der Waals surface area contributed by atoms with Gasteiger partial charge in [-0.15, -0.1) is 0 Å². The third-order valence-electron chi connectivity index (χ3n) is 3.87. The number of hydrogen-bond acceptors (Lipinski definition) is 3. The Kier molecular flexibility index (Phi) is 5.15. The van der Waals surface area contributed by atoms with Crippen LogP contribution >= 0.6 is 0 Å². The molecular weight excluding hydrogens is 252 g/mol. The fourth-order valence-corrected chi connectivity index (χ4v) is 2.88. The van der Waals surface area contributed by atoms with Crippen molar-refractivity contribution in [3.63, 3.8) is 0 Å². The van der Waals surface area contributed by atoms with E-state index in [1.165, 1.54) is 0 Å². The van der Waals surface area contributed by atoms with Crippen LogP contribution < -0.4 is 4.90 Å². The summed E-state index contributed by atoms with van der Waals surface area (Å²) in [6.45, 7) is 5.48. The van der Waals surface area contributed by atoms with Gasteiger partial charge in [0.25, 0.3) is 0 Å². The molecule has 1 N–H and O–H groups in total. The number of amides is 1. The Morgan fingerprint density at radius 1 is 1.40 bits per heavy atom. The Hall–Kier alpha value is -1.39. The quantitative estimate of drug-likeness (QED) is 0.893. The molecule has 0 aliphatic carbocycles. The van der Waals surface area contributed by atoms with Gasteiger partial charge in [0, 0.05) is 17.8 Å². The van der Waals surface area contributed by atoms with Gasteiger partial charge in [0.05, 0.1) is 13.2 Å². The maximum atomic E-state index is 12.6. The maximum Gasteiger partial charge on any atom is 0.241 e. The lowest BCUT2D eigenvalue weighted by Gasteiger charge is -2.30. The number of para-hydroxylation sites is 1. The summed E-state index contributed by atoms with van der Waals surface area (Å²) in [4.78, 5) is 16.5. The van der Waals surface area contributed by atoms with Crippen LogP contribution in [0.25, 0.3) is 0 Å². The van der Waals surface area contributed by atoms with E-state index in [4.69, 9.17) is 0 Å². The molecule has 0 unspecified atom stereocenters. The third-order valence-corrected chi connectivity index (χ3v) is 3.87. The molecule has 4 nitrogen and oxygen atoms in total. The summed E-state index contributed by atoms with van der Waals surface area (Å²) < 4.78 is 0. The topological polar surface area (TPSA) is 43.8 Å². The Morgan fingerprint density at radius 2 is 2.10 bits per heavy atom. The number of likely N-dealkylation sites (tertiary alicyclic amines) is 1. The van der Waals surface area contributed by atoms with E-state index in [-0.39, 0.29) is 24.6 Å². The molecule has 0 bridgehead atoms. The molecule has 1 aliphatic rings. The predicted octanol–water partition coefficient (Wildman–Crippen LogP) is 1.88. The van der Waals surface area contributed by atoms with E-state index in [2.05, 4.69) is 4.90 Å². The highest BCUT2D eigenvalue weighted by Gasteiger charge is 2.28. The summed E-state index contributed by atoms with van der Waals surface area (Å²) in [5, 5.41) is 9.35. The first-order valence-corrected chi connectivity index (χ1v) is 7.35. The number of carbonyl (C=O) groups excluding carboxylic acids is 1. The van der Waals surface area contributed by atoms with Crippen LogP contribution in [-0.2, 0) is 4.79 Å². The molecule has 1 fully saturated rings. The molecule has 0 spiro atoms. The number of aliphatic hydroxyl groups is 1. The molecule has 0 radical (unpaired) electrons. The Balaban J connectivity index is 2.08. The SMILES string of the molecule is CC(C)N(C(=O)CN1CCC[C@H]1CO)c1ccccc1. The van der Waals surface area contributed by atoms with Crippen molar-refractivity contribution in [2.45, 2.75) is 38.8 Å². The van der Waals surface area contributed by atoms with E-state index in [1.54, 1.807) is 0 Å². The van der Waals surface area contributed by atoms with E-state index in [0.29, 0.717) is 6.54 Å². The van der Waals surface area contributed by atoms with Crippen LogP contribution in [0, 0.1) is 0 Å². The van der Waals surface area contributed by atoms with Gasteiger partial charge >= 0.3 is 0 Å². The number of carbonyl (C=O) groups is 1. The van der Waals surface area contributed by atoms with Crippen LogP contribution in [0.15, 0.2) is 30.3 Å². The summed E-state index contributed by atoms with van der Waals surface area (Å²) >= 11 is 0. The zero-order chi connectivity index (χ0) is 14.5. The molecule has 1 atom stereocenters. The van der Waals surface area contributed by atoms with Gasteiger partial charge in [-0.1, -0.05) is 18.2 Å². The minimum absolute atomic E-state index is 0.103. The molecule has 4 heteroatoms. The lowest BCUT2D eigenvalue weighted by Crippen LogP contribution is -2.46. The van der Waals surface area contributed by atoms with E-state index in [0.717, 1.165) is 25.1 Å². The Morgan fingerprint density at radius 3 is 2.70 bits per heavy atom. The second-order valence-electron chi connectivity index (χ2n) is 5.64. The van der Waals surface area contributed by atoms with Gasteiger partial charge in [-0.2, -0.15) is 0 Å². The molecule has 1 aliphatic heterocycles. The van der Waals surface area contributed by atoms with Gasteiger partial charge in [-0.3, -0.25) is 9.69 Å². The van der Waals surface area contributed by atoms with Gasteiger partial charge in [0.2, 0.25) is 5.91 Å². The summed E-state index contributed by atoms with van der Waals surface area (Å²) in [6.07, 6.45) is 2.04. The lowest BCUT2D eigenvalue weighted by molar-refractivity contribution is -0.120. The van der Waals surface area contributed by atoms with Crippen molar-refractivity contribution in [3.05, 3.63) is 30.3 Å². The van der Waals surface area contributed by atoms with Gasteiger partial charge in [0.15, 0.2) is 0 Å². The smallest absolute Gasteiger partial charge is 0.241 e. The molecular formula is C16H24N2O2. The average molecular weight is 276 g/mol. The highest BCUT2D eigenvalue weighted by molar-refractivity contribution is 5.95. The lowest BCUT2D eigenvalue weighted by atomic mass is 10.2. The van der Waals surface area contributed by atoms with Crippen molar-refractivity contribution in [3.8, 4) is 0 Å². The fourth-order valence-electron chi connectivity index (χ4n) is 2.88. The van der Waals surface area contributed by atoms with Crippen molar-refractivity contribution >= 4 is 11.6 Å². The van der Waals surface area contributed by atoms with Crippen molar-refractivity contribution in [1.82, 2.24) is 4.90 Å². The zero-order valence-corrected chi connectivity index (χ0v) is 12.3. The van der Waals surface area contributed by atoms with Crippen LogP contribution in [0.5, 0.6) is 0 Å². The molecule has 0 aromatic heterocycles. The van der Waals surface area contributed by atoms with Gasteiger partial charge < -0.3 is 10.0 Å². The first-order valence-electron chi connectivity index (χ1n) is 7.35. The first kappa shape index (κ1) is 15.0. The van der Waals surface area contributed by atoms with Gasteiger partial charge in [-0.05, 0) is 45.4 Å². The average Bonchev–Trinajstić information content (AvgIpc) is 2.86. The third kappa shape index (κ3) is 3.38. The number of aliphatic hydroxyl groups excluding tert-OH is 1. The van der Waals surface area contributed by atoms with Crippen molar-refractivity contribution in [2.75, 3.05) is 24.6 Å². The Bertz CT molecular complexity index is 433. The standard InChI is InChI=1S/C16H24N2O2/c1-13(2)18(14-7-4-3-5-8-14)16(20)11-17-10-6-9-15(17)12-19/h3-5,7-8,13,15,19H,6,9-12H2,1-2H3/t15-/m0/s1. The highest BCUT2D eigenvalue weighted by Crippen LogP contribution is 2.20. The molecule has 20 heavy (non-hydrogen) atoms.